The Morgan fingerprint density at radius 3 is 2.11 bits per heavy atom. The molecule has 0 aliphatic rings. The second kappa shape index (κ2) is 4.28. The minimum atomic E-state index is -5.05. The van der Waals surface area contributed by atoms with Crippen LogP contribution in [0.1, 0.15) is 5.56 Å². The van der Waals surface area contributed by atoms with Crippen LogP contribution in [0.2, 0.25) is 0 Å². The fourth-order valence-electron chi connectivity index (χ4n) is 1.67. The largest absolute Gasteiger partial charge is 0.304 e. The molecule has 2 rings (SSSR count). The highest BCUT2D eigenvalue weighted by Gasteiger charge is 2.33. The molecule has 2 aromatic rings. The van der Waals surface area contributed by atoms with Gasteiger partial charge in [0.1, 0.15) is 15.4 Å². The standard InChI is InChI=1S/C13H13FO3S/c14-13-9-5-4-6-11(13)10-18(15,16,17)12-7-2-1-3-8-12/h1-9H,10H2,(H2,15,16,17). The van der Waals surface area contributed by atoms with Crippen molar-refractivity contribution in [3.8, 4) is 0 Å². The van der Waals surface area contributed by atoms with Gasteiger partial charge in [-0.15, -0.1) is 0 Å². The van der Waals surface area contributed by atoms with E-state index in [4.69, 9.17) is 0 Å². The molecule has 0 radical (unpaired) electrons. The molecule has 0 aliphatic carbocycles. The topological polar surface area (TPSA) is 57.5 Å². The third kappa shape index (κ3) is 2.64. The van der Waals surface area contributed by atoms with Crippen molar-refractivity contribution in [3.63, 3.8) is 0 Å². The second-order valence-electron chi connectivity index (χ2n) is 4.07. The average Bonchev–Trinajstić information content (AvgIpc) is 2.33. The Hall–Kier alpha value is -1.56. The molecule has 0 fully saturated rings. The Balaban J connectivity index is 2.44. The number of rotatable bonds is 3. The first kappa shape index (κ1) is 12.9. The fraction of sp³-hybridized carbons (Fsp3) is 0.0769. The summed E-state index contributed by atoms with van der Waals surface area (Å²) in [6.45, 7) is 0. The number of benzene rings is 2. The first-order chi connectivity index (χ1) is 8.37. The molecule has 0 bridgehead atoms. The van der Waals surface area contributed by atoms with Gasteiger partial charge >= 0.3 is 0 Å². The molecule has 0 saturated heterocycles. The van der Waals surface area contributed by atoms with E-state index < -0.39 is 21.2 Å². The molecule has 0 atom stereocenters. The summed E-state index contributed by atoms with van der Waals surface area (Å²) < 4.78 is 45.7. The van der Waals surface area contributed by atoms with E-state index in [1.54, 1.807) is 12.1 Å². The molecule has 0 saturated carbocycles. The Labute approximate surface area is 104 Å². The number of halogens is 1. The summed E-state index contributed by atoms with van der Waals surface area (Å²) in [4.78, 5) is -0.113. The maximum Gasteiger partial charge on any atom is 0.127 e. The minimum absolute atomic E-state index is 0.00310. The quantitative estimate of drug-likeness (QED) is 0.899. The summed E-state index contributed by atoms with van der Waals surface area (Å²) in [5.74, 6) is -1.27. The molecular weight excluding hydrogens is 255 g/mol. The number of hydrogen-bond acceptors (Lipinski definition) is 1. The zero-order valence-corrected chi connectivity index (χ0v) is 10.3. The smallest absolute Gasteiger partial charge is 0.127 e. The molecule has 2 aromatic carbocycles. The van der Waals surface area contributed by atoms with Crippen LogP contribution in [0.5, 0.6) is 0 Å². The second-order valence-corrected chi connectivity index (χ2v) is 6.86. The highest BCUT2D eigenvalue weighted by molar-refractivity contribution is 8.09. The molecule has 96 valence electrons. The van der Waals surface area contributed by atoms with Crippen LogP contribution < -0.4 is 0 Å². The highest BCUT2D eigenvalue weighted by Crippen LogP contribution is 2.33. The van der Waals surface area contributed by atoms with Gasteiger partial charge in [-0.1, -0.05) is 36.4 Å². The van der Waals surface area contributed by atoms with Gasteiger partial charge in [0, 0.05) is 5.56 Å². The predicted octanol–water partition coefficient (Wildman–Crippen LogP) is 3.15. The molecule has 0 heterocycles. The third-order valence-corrected chi connectivity index (χ3v) is 4.64. The van der Waals surface area contributed by atoms with Crippen LogP contribution in [-0.2, 0) is 15.4 Å². The van der Waals surface area contributed by atoms with E-state index in [9.17, 15) is 17.7 Å². The lowest BCUT2D eigenvalue weighted by Crippen LogP contribution is -2.33. The van der Waals surface area contributed by atoms with E-state index in [2.05, 4.69) is 0 Å². The lowest BCUT2D eigenvalue weighted by molar-refractivity contribution is 0.387. The van der Waals surface area contributed by atoms with Crippen LogP contribution in [0.15, 0.2) is 59.5 Å². The van der Waals surface area contributed by atoms with Crippen molar-refractivity contribution in [2.75, 3.05) is 0 Å². The normalized spacial score (nSPS) is 13.8. The Morgan fingerprint density at radius 2 is 1.50 bits per heavy atom. The maximum atomic E-state index is 13.5. The van der Waals surface area contributed by atoms with E-state index in [0.717, 1.165) is 0 Å². The van der Waals surface area contributed by atoms with Crippen molar-refractivity contribution in [1.29, 1.82) is 0 Å². The summed E-state index contributed by atoms with van der Waals surface area (Å²) in [5, 5.41) is 0. The first-order valence-electron chi connectivity index (χ1n) is 5.31. The van der Waals surface area contributed by atoms with Crippen molar-refractivity contribution in [2.24, 2.45) is 0 Å². The molecule has 0 unspecified atom stereocenters. The Morgan fingerprint density at radius 1 is 0.944 bits per heavy atom. The lowest BCUT2D eigenvalue weighted by Gasteiger charge is -2.31. The molecule has 2 N–H and O–H groups in total. The van der Waals surface area contributed by atoms with Crippen molar-refractivity contribution in [1.82, 2.24) is 0 Å². The van der Waals surface area contributed by atoms with Gasteiger partial charge in [0.25, 0.3) is 0 Å². The van der Waals surface area contributed by atoms with Crippen molar-refractivity contribution < 1.29 is 17.7 Å². The zero-order valence-electron chi connectivity index (χ0n) is 9.49. The van der Waals surface area contributed by atoms with Crippen LogP contribution >= 0.6 is 0 Å². The van der Waals surface area contributed by atoms with E-state index in [0.29, 0.717) is 0 Å². The van der Waals surface area contributed by atoms with Gasteiger partial charge < -0.3 is 9.11 Å². The molecule has 0 aliphatic heterocycles. The third-order valence-electron chi connectivity index (χ3n) is 2.59. The van der Waals surface area contributed by atoms with E-state index in [1.807, 2.05) is 0 Å². The van der Waals surface area contributed by atoms with Gasteiger partial charge in [-0.3, -0.25) is 0 Å². The molecule has 18 heavy (non-hydrogen) atoms. The SMILES string of the molecule is O=S(O)(O)(Cc1ccccc1F)c1ccccc1. The summed E-state index contributed by atoms with van der Waals surface area (Å²) >= 11 is 0. The first-order valence-corrected chi connectivity index (χ1v) is 7.35. The van der Waals surface area contributed by atoms with Gasteiger partial charge in [-0.05, 0) is 18.2 Å². The van der Waals surface area contributed by atoms with E-state index in [1.165, 1.54) is 42.5 Å². The lowest BCUT2D eigenvalue weighted by atomic mass is 10.2. The average molecular weight is 268 g/mol. The van der Waals surface area contributed by atoms with Gasteiger partial charge in [0.15, 0.2) is 0 Å². The molecular formula is C13H13FO3S. The molecule has 5 heteroatoms. The summed E-state index contributed by atoms with van der Waals surface area (Å²) in [7, 11) is -5.05. The van der Waals surface area contributed by atoms with Gasteiger partial charge in [0.05, 0.1) is 10.6 Å². The predicted molar refractivity (Wildman–Crippen MR) is 68.2 cm³/mol. The van der Waals surface area contributed by atoms with Crippen LogP contribution in [-0.4, -0.2) is 13.3 Å². The molecule has 0 aromatic heterocycles. The summed E-state index contributed by atoms with van der Waals surface area (Å²) in [6.07, 6.45) is 0. The number of hydrogen-bond donors (Lipinski definition) is 2. The van der Waals surface area contributed by atoms with Crippen molar-refractivity contribution >= 4 is 9.63 Å². The Kier molecular flexibility index (Phi) is 3.06. The molecule has 0 spiro atoms. The van der Waals surface area contributed by atoms with E-state index in [-0.39, 0.29) is 10.5 Å². The maximum absolute atomic E-state index is 13.5. The highest BCUT2D eigenvalue weighted by atomic mass is 32.3. The van der Waals surface area contributed by atoms with Crippen molar-refractivity contribution in [2.45, 2.75) is 10.6 Å². The summed E-state index contributed by atoms with van der Waals surface area (Å²) in [5.41, 5.74) is 0.00310. The molecule has 0 amide bonds. The van der Waals surface area contributed by atoms with Crippen LogP contribution in [0, 0.1) is 5.82 Å². The van der Waals surface area contributed by atoms with Gasteiger partial charge in [0.2, 0.25) is 0 Å². The van der Waals surface area contributed by atoms with Crippen LogP contribution in [0.4, 0.5) is 4.39 Å². The minimum Gasteiger partial charge on any atom is -0.304 e. The monoisotopic (exact) mass is 268 g/mol. The van der Waals surface area contributed by atoms with Gasteiger partial charge in [-0.2, -0.15) is 0 Å². The fourth-order valence-corrected chi connectivity index (χ4v) is 3.34. The Bertz CT molecular complexity index is 619. The van der Waals surface area contributed by atoms with Crippen LogP contribution in [0.3, 0.4) is 0 Å². The van der Waals surface area contributed by atoms with Crippen LogP contribution in [0.25, 0.3) is 0 Å². The zero-order chi connectivity index (χ0) is 13.3. The van der Waals surface area contributed by atoms with E-state index >= 15 is 0 Å². The van der Waals surface area contributed by atoms with Crippen molar-refractivity contribution in [3.05, 3.63) is 66.0 Å². The molecule has 3 nitrogen and oxygen atoms in total. The summed E-state index contributed by atoms with van der Waals surface area (Å²) in [6, 6.07) is 13.0. The van der Waals surface area contributed by atoms with Gasteiger partial charge in [-0.25, -0.2) is 8.60 Å².